The van der Waals surface area contributed by atoms with Crippen molar-refractivity contribution in [1.82, 2.24) is 19.9 Å². The van der Waals surface area contributed by atoms with E-state index in [4.69, 9.17) is 20.3 Å². The number of nitrogens with two attached hydrogens (primary N) is 1. The van der Waals surface area contributed by atoms with Gasteiger partial charge in [-0.15, -0.1) is 0 Å². The molecule has 0 aliphatic carbocycles. The SMILES string of the molecule is Cc1cc(-c2c(OCCOc3cccc(N(C)CCO)n3)nc(N)nc2-c2ccc(F)cc2)cc(C(F)F)n1. The molecule has 0 spiro atoms. The normalized spacial score (nSPS) is 11.1. The predicted octanol–water partition coefficient (Wildman–Crippen LogP) is 4.45. The molecule has 0 aliphatic rings. The third kappa shape index (κ3) is 6.90. The van der Waals surface area contributed by atoms with Gasteiger partial charge >= 0.3 is 0 Å². The fourth-order valence-corrected chi connectivity index (χ4v) is 3.83. The molecule has 0 fully saturated rings. The number of anilines is 2. The number of aliphatic hydroxyl groups excluding tert-OH is 1. The molecule has 0 radical (unpaired) electrons. The van der Waals surface area contributed by atoms with Crippen LogP contribution in [-0.2, 0) is 0 Å². The number of rotatable bonds is 11. The van der Waals surface area contributed by atoms with E-state index in [1.165, 1.54) is 30.3 Å². The van der Waals surface area contributed by atoms with Gasteiger partial charge < -0.3 is 25.2 Å². The minimum Gasteiger partial charge on any atom is -0.474 e. The van der Waals surface area contributed by atoms with Crippen LogP contribution in [0.4, 0.5) is 24.9 Å². The summed E-state index contributed by atoms with van der Waals surface area (Å²) in [6.45, 7) is 2.08. The smallest absolute Gasteiger partial charge is 0.280 e. The average Bonchev–Trinajstić information content (AvgIpc) is 2.91. The van der Waals surface area contributed by atoms with E-state index in [9.17, 15) is 13.2 Å². The van der Waals surface area contributed by atoms with Gasteiger partial charge in [0.25, 0.3) is 6.43 Å². The maximum Gasteiger partial charge on any atom is 0.280 e. The first-order chi connectivity index (χ1) is 18.7. The Balaban J connectivity index is 1.64. The van der Waals surface area contributed by atoms with Gasteiger partial charge in [-0.2, -0.15) is 9.97 Å². The molecule has 0 aliphatic heterocycles. The third-order valence-electron chi connectivity index (χ3n) is 5.60. The van der Waals surface area contributed by atoms with E-state index in [1.54, 1.807) is 43.1 Å². The summed E-state index contributed by atoms with van der Waals surface area (Å²) in [4.78, 5) is 18.6. The number of alkyl halides is 2. The van der Waals surface area contributed by atoms with Crippen LogP contribution in [0.25, 0.3) is 22.4 Å². The van der Waals surface area contributed by atoms with Crippen molar-refractivity contribution in [2.24, 2.45) is 0 Å². The molecule has 9 nitrogen and oxygen atoms in total. The van der Waals surface area contributed by atoms with Crippen molar-refractivity contribution in [3.8, 4) is 34.1 Å². The van der Waals surface area contributed by atoms with Gasteiger partial charge in [-0.3, -0.25) is 4.98 Å². The number of nitrogen functional groups attached to an aromatic ring is 1. The molecular formula is C27H27F3N6O3. The topological polar surface area (TPSA) is 120 Å². The highest BCUT2D eigenvalue weighted by Gasteiger charge is 2.21. The lowest BCUT2D eigenvalue weighted by Gasteiger charge is -2.18. The Morgan fingerprint density at radius 1 is 0.949 bits per heavy atom. The molecule has 3 N–H and O–H groups in total. The molecule has 0 saturated carbocycles. The Hall–Kier alpha value is -4.45. The van der Waals surface area contributed by atoms with Crippen LogP contribution in [0.1, 0.15) is 17.8 Å². The van der Waals surface area contributed by atoms with Gasteiger partial charge in [0, 0.05) is 30.9 Å². The lowest BCUT2D eigenvalue weighted by Crippen LogP contribution is -2.22. The minimum atomic E-state index is -2.80. The second-order valence-corrected chi connectivity index (χ2v) is 8.52. The maximum absolute atomic E-state index is 13.6. The Bertz CT molecular complexity index is 1420. The van der Waals surface area contributed by atoms with Crippen molar-refractivity contribution < 1.29 is 27.8 Å². The van der Waals surface area contributed by atoms with Crippen molar-refractivity contribution in [3.63, 3.8) is 0 Å². The van der Waals surface area contributed by atoms with Crippen LogP contribution in [0.15, 0.2) is 54.6 Å². The summed E-state index contributed by atoms with van der Waals surface area (Å²) in [5.74, 6) is 0.452. The Morgan fingerprint density at radius 2 is 1.69 bits per heavy atom. The van der Waals surface area contributed by atoms with E-state index >= 15 is 0 Å². The second-order valence-electron chi connectivity index (χ2n) is 8.52. The fourth-order valence-electron chi connectivity index (χ4n) is 3.83. The van der Waals surface area contributed by atoms with Crippen molar-refractivity contribution in [2.75, 3.05) is 44.0 Å². The monoisotopic (exact) mass is 540 g/mol. The standard InChI is InChI=1S/C27H27F3N6O3/c1-16-14-18(15-20(32-16)25(29)30)23-24(17-6-8-19(28)9-7-17)34-27(31)35-26(23)39-13-12-38-22-5-3-4-21(33-22)36(2)10-11-37/h3-9,14-15,25,37H,10-13H2,1-2H3,(H2,31,34,35). The number of ether oxygens (including phenoxy) is 2. The van der Waals surface area contributed by atoms with Crippen LogP contribution in [0.2, 0.25) is 0 Å². The van der Waals surface area contributed by atoms with Gasteiger partial charge in [-0.05, 0) is 55.0 Å². The highest BCUT2D eigenvalue weighted by Crippen LogP contribution is 2.39. The van der Waals surface area contributed by atoms with Gasteiger partial charge in [-0.25, -0.2) is 18.2 Å². The third-order valence-corrected chi connectivity index (χ3v) is 5.60. The molecule has 0 atom stereocenters. The Morgan fingerprint density at radius 3 is 2.41 bits per heavy atom. The van der Waals surface area contributed by atoms with E-state index in [0.29, 0.717) is 40.6 Å². The number of hydrogen-bond acceptors (Lipinski definition) is 9. The molecule has 3 heterocycles. The van der Waals surface area contributed by atoms with E-state index in [2.05, 4.69) is 19.9 Å². The minimum absolute atomic E-state index is 0.0104. The molecule has 4 aromatic rings. The first-order valence-electron chi connectivity index (χ1n) is 12.0. The highest BCUT2D eigenvalue weighted by atomic mass is 19.3. The maximum atomic E-state index is 13.6. The number of pyridine rings is 2. The van der Waals surface area contributed by atoms with Crippen molar-refractivity contribution in [1.29, 1.82) is 0 Å². The van der Waals surface area contributed by atoms with Gasteiger partial charge in [0.2, 0.25) is 17.7 Å². The summed E-state index contributed by atoms with van der Waals surface area (Å²) in [5.41, 5.74) is 7.33. The first-order valence-corrected chi connectivity index (χ1v) is 12.0. The van der Waals surface area contributed by atoms with Crippen molar-refractivity contribution in [2.45, 2.75) is 13.3 Å². The Labute approximate surface area is 223 Å². The summed E-state index contributed by atoms with van der Waals surface area (Å²) in [7, 11) is 1.80. The van der Waals surface area contributed by atoms with Gasteiger partial charge in [0.05, 0.1) is 17.9 Å². The van der Waals surface area contributed by atoms with Crippen LogP contribution >= 0.6 is 0 Å². The van der Waals surface area contributed by atoms with Crippen molar-refractivity contribution >= 4 is 11.8 Å². The summed E-state index contributed by atoms with van der Waals surface area (Å²) in [6.07, 6.45) is -2.80. The predicted molar refractivity (Wildman–Crippen MR) is 140 cm³/mol. The van der Waals surface area contributed by atoms with Gasteiger partial charge in [0.15, 0.2) is 0 Å². The number of aliphatic hydroxyl groups is 1. The van der Waals surface area contributed by atoms with Crippen LogP contribution in [0, 0.1) is 12.7 Å². The molecule has 12 heteroatoms. The summed E-state index contributed by atoms with van der Waals surface area (Å²) in [5, 5.41) is 9.14. The fraction of sp³-hybridized carbons (Fsp3) is 0.259. The highest BCUT2D eigenvalue weighted by molar-refractivity contribution is 5.85. The molecule has 3 aromatic heterocycles. The number of likely N-dealkylation sites (N-methyl/N-ethyl adjacent to an activating group) is 1. The molecule has 204 valence electrons. The molecule has 0 unspecified atom stereocenters. The largest absolute Gasteiger partial charge is 0.474 e. The van der Waals surface area contributed by atoms with Crippen LogP contribution in [0.5, 0.6) is 11.8 Å². The van der Waals surface area contributed by atoms with E-state index in [1.807, 2.05) is 0 Å². The quantitative estimate of drug-likeness (QED) is 0.266. The molecule has 4 rings (SSSR count). The Kier molecular flexibility index (Phi) is 8.77. The molecule has 0 saturated heterocycles. The molecule has 1 aromatic carbocycles. The van der Waals surface area contributed by atoms with Crippen LogP contribution < -0.4 is 20.1 Å². The lowest BCUT2D eigenvalue weighted by molar-refractivity contribution is 0.146. The van der Waals surface area contributed by atoms with Gasteiger partial charge in [0.1, 0.15) is 30.5 Å². The first kappa shape index (κ1) is 27.6. The van der Waals surface area contributed by atoms with E-state index in [0.717, 1.165) is 0 Å². The number of aryl methyl sites for hydroxylation is 1. The number of benzene rings is 1. The van der Waals surface area contributed by atoms with Gasteiger partial charge in [-0.1, -0.05) is 6.07 Å². The van der Waals surface area contributed by atoms with Crippen molar-refractivity contribution in [3.05, 3.63) is 71.8 Å². The lowest BCUT2D eigenvalue weighted by atomic mass is 9.99. The van der Waals surface area contributed by atoms with E-state index < -0.39 is 17.9 Å². The molecule has 0 bridgehead atoms. The molecule has 0 amide bonds. The number of aromatic nitrogens is 4. The zero-order chi connectivity index (χ0) is 27.9. The zero-order valence-corrected chi connectivity index (χ0v) is 21.3. The molecular weight excluding hydrogens is 513 g/mol. The number of halogens is 3. The average molecular weight is 541 g/mol. The number of hydrogen-bond donors (Lipinski definition) is 2. The van der Waals surface area contributed by atoms with Crippen LogP contribution in [0.3, 0.4) is 0 Å². The second kappa shape index (κ2) is 12.4. The summed E-state index contributed by atoms with van der Waals surface area (Å²) < 4.78 is 52.4. The number of nitrogens with zero attached hydrogens (tertiary/aromatic N) is 5. The van der Waals surface area contributed by atoms with Crippen LogP contribution in [-0.4, -0.2) is 58.5 Å². The summed E-state index contributed by atoms with van der Waals surface area (Å²) >= 11 is 0. The summed E-state index contributed by atoms with van der Waals surface area (Å²) in [6, 6.07) is 13.6. The zero-order valence-electron chi connectivity index (χ0n) is 21.3. The van der Waals surface area contributed by atoms with E-state index in [-0.39, 0.29) is 37.3 Å². The molecule has 39 heavy (non-hydrogen) atoms.